The van der Waals surface area contributed by atoms with E-state index in [-0.39, 0.29) is 0 Å². The van der Waals surface area contributed by atoms with Gasteiger partial charge in [-0.3, -0.25) is 0 Å². The zero-order chi connectivity index (χ0) is 10.7. The average Bonchev–Trinajstić information content (AvgIpc) is 2.37. The van der Waals surface area contributed by atoms with Gasteiger partial charge >= 0.3 is 5.97 Å². The van der Waals surface area contributed by atoms with Crippen LogP contribution in [0.1, 0.15) is 41.5 Å². The van der Waals surface area contributed by atoms with Gasteiger partial charge in [0.05, 0.1) is 0 Å². The Hall–Kier alpha value is -1.25. The quantitative estimate of drug-likeness (QED) is 0.802. The van der Waals surface area contributed by atoms with Crippen LogP contribution in [0.25, 0.3) is 0 Å². The Kier molecular flexibility index (Phi) is 3.33. The van der Waals surface area contributed by atoms with Crippen molar-refractivity contribution in [3.63, 3.8) is 0 Å². The van der Waals surface area contributed by atoms with E-state index >= 15 is 0 Å². The lowest BCUT2D eigenvalue weighted by Crippen LogP contribution is -2.11. The minimum atomic E-state index is -0.827. The van der Waals surface area contributed by atoms with Crippen molar-refractivity contribution in [2.24, 2.45) is 0 Å². The highest BCUT2D eigenvalue weighted by Gasteiger charge is 2.15. The summed E-state index contributed by atoms with van der Waals surface area (Å²) in [5, 5.41) is 9.04. The summed E-state index contributed by atoms with van der Waals surface area (Å²) in [6, 6.07) is 1.93. The smallest absolute Gasteiger partial charge is 0.352 e. The van der Waals surface area contributed by atoms with Gasteiger partial charge in [0.25, 0.3) is 0 Å². The number of aromatic nitrogens is 1. The van der Waals surface area contributed by atoms with Crippen molar-refractivity contribution in [1.29, 1.82) is 0 Å². The van der Waals surface area contributed by atoms with E-state index in [1.54, 1.807) is 0 Å². The van der Waals surface area contributed by atoms with Crippen molar-refractivity contribution in [2.45, 2.75) is 40.2 Å². The van der Waals surface area contributed by atoms with Gasteiger partial charge in [-0.05, 0) is 31.9 Å². The normalized spacial score (nSPS) is 10.5. The van der Waals surface area contributed by atoms with Gasteiger partial charge in [0, 0.05) is 12.2 Å². The van der Waals surface area contributed by atoms with Crippen LogP contribution in [-0.2, 0) is 6.54 Å². The van der Waals surface area contributed by atoms with Crippen LogP contribution in [0, 0.1) is 13.8 Å². The van der Waals surface area contributed by atoms with Crippen LogP contribution in [0.4, 0.5) is 0 Å². The van der Waals surface area contributed by atoms with Crippen molar-refractivity contribution in [1.82, 2.24) is 4.57 Å². The van der Waals surface area contributed by atoms with Crippen LogP contribution < -0.4 is 0 Å². The Morgan fingerprint density at radius 2 is 2.14 bits per heavy atom. The van der Waals surface area contributed by atoms with Crippen molar-refractivity contribution in [3.8, 4) is 0 Å². The zero-order valence-electron chi connectivity index (χ0n) is 9.00. The van der Waals surface area contributed by atoms with Gasteiger partial charge in [-0.15, -0.1) is 0 Å². The molecule has 14 heavy (non-hydrogen) atoms. The molecular formula is C11H17NO2. The molecule has 0 aromatic carbocycles. The van der Waals surface area contributed by atoms with E-state index < -0.39 is 5.97 Å². The number of hydrogen-bond acceptors (Lipinski definition) is 1. The Labute approximate surface area is 84.4 Å². The fraction of sp³-hybridized carbons (Fsp3) is 0.545. The van der Waals surface area contributed by atoms with Gasteiger partial charge in [-0.25, -0.2) is 4.79 Å². The maximum Gasteiger partial charge on any atom is 0.352 e. The summed E-state index contributed by atoms with van der Waals surface area (Å²) < 4.78 is 1.89. The van der Waals surface area contributed by atoms with E-state index in [9.17, 15) is 4.79 Å². The van der Waals surface area contributed by atoms with Crippen LogP contribution in [-0.4, -0.2) is 15.6 Å². The number of hydrogen-bond donors (Lipinski definition) is 1. The van der Waals surface area contributed by atoms with Gasteiger partial charge in [-0.2, -0.15) is 0 Å². The summed E-state index contributed by atoms with van der Waals surface area (Å²) in [5.41, 5.74) is 2.33. The predicted molar refractivity (Wildman–Crippen MR) is 55.8 cm³/mol. The zero-order valence-corrected chi connectivity index (χ0v) is 9.00. The van der Waals surface area contributed by atoms with Crippen LogP contribution in [0.3, 0.4) is 0 Å². The molecule has 0 atom stereocenters. The topological polar surface area (TPSA) is 42.2 Å². The van der Waals surface area contributed by atoms with E-state index in [2.05, 4.69) is 6.92 Å². The molecule has 0 bridgehead atoms. The molecule has 0 saturated carbocycles. The molecule has 0 spiro atoms. The fourth-order valence-corrected chi connectivity index (χ4v) is 1.74. The number of unbranched alkanes of at least 4 members (excludes halogenated alkanes) is 1. The fourth-order valence-electron chi connectivity index (χ4n) is 1.74. The van der Waals surface area contributed by atoms with Crippen molar-refractivity contribution >= 4 is 5.97 Å². The molecule has 1 heterocycles. The first-order valence-electron chi connectivity index (χ1n) is 4.98. The molecule has 1 aromatic rings. The van der Waals surface area contributed by atoms with E-state index in [1.165, 1.54) is 0 Å². The molecule has 0 fully saturated rings. The molecule has 0 saturated heterocycles. The van der Waals surface area contributed by atoms with E-state index in [1.807, 2.05) is 24.5 Å². The first-order chi connectivity index (χ1) is 6.57. The van der Waals surface area contributed by atoms with Crippen LogP contribution in [0.2, 0.25) is 0 Å². The van der Waals surface area contributed by atoms with Crippen LogP contribution >= 0.6 is 0 Å². The highest BCUT2D eigenvalue weighted by Crippen LogP contribution is 2.15. The number of carbonyl (C=O) groups is 1. The number of carboxylic acid groups (broad SMARTS) is 1. The largest absolute Gasteiger partial charge is 0.477 e. The Bertz CT molecular complexity index is 339. The molecule has 0 aliphatic heterocycles. The molecule has 0 aliphatic carbocycles. The SMILES string of the molecule is CCCCn1c(C)cc(C)c1C(=O)O. The standard InChI is InChI=1S/C11H17NO2/c1-4-5-6-12-9(3)7-8(2)10(12)11(13)14/h7H,4-6H2,1-3H3,(H,13,14). The van der Waals surface area contributed by atoms with E-state index in [0.717, 1.165) is 30.6 Å². The van der Waals surface area contributed by atoms with Gasteiger partial charge in [0.2, 0.25) is 0 Å². The van der Waals surface area contributed by atoms with Gasteiger partial charge in [0.1, 0.15) is 5.69 Å². The van der Waals surface area contributed by atoms with Crippen molar-refractivity contribution in [3.05, 3.63) is 23.0 Å². The third kappa shape index (κ3) is 1.97. The molecule has 1 N–H and O–H groups in total. The van der Waals surface area contributed by atoms with Crippen LogP contribution in [0.5, 0.6) is 0 Å². The number of rotatable bonds is 4. The number of nitrogens with zero attached hydrogens (tertiary/aromatic N) is 1. The van der Waals surface area contributed by atoms with Crippen molar-refractivity contribution < 1.29 is 9.90 Å². The maximum absolute atomic E-state index is 11.0. The highest BCUT2D eigenvalue weighted by molar-refractivity contribution is 5.87. The number of carboxylic acids is 1. The summed E-state index contributed by atoms with van der Waals surface area (Å²) in [7, 11) is 0. The molecule has 0 radical (unpaired) electrons. The third-order valence-corrected chi connectivity index (χ3v) is 2.43. The monoisotopic (exact) mass is 195 g/mol. The summed E-state index contributed by atoms with van der Waals surface area (Å²) in [6.07, 6.45) is 2.10. The van der Waals surface area contributed by atoms with Gasteiger partial charge in [0.15, 0.2) is 0 Å². The second-order valence-electron chi connectivity index (χ2n) is 3.63. The molecule has 3 nitrogen and oxygen atoms in total. The summed E-state index contributed by atoms with van der Waals surface area (Å²) in [5.74, 6) is -0.827. The van der Waals surface area contributed by atoms with Gasteiger partial charge in [-0.1, -0.05) is 13.3 Å². The second kappa shape index (κ2) is 4.31. The summed E-state index contributed by atoms with van der Waals surface area (Å²) in [4.78, 5) is 11.0. The lowest BCUT2D eigenvalue weighted by atomic mass is 10.2. The van der Waals surface area contributed by atoms with Gasteiger partial charge < -0.3 is 9.67 Å². The highest BCUT2D eigenvalue weighted by atomic mass is 16.4. The Morgan fingerprint density at radius 3 is 2.64 bits per heavy atom. The molecular weight excluding hydrogens is 178 g/mol. The molecule has 78 valence electrons. The Morgan fingerprint density at radius 1 is 1.50 bits per heavy atom. The predicted octanol–water partition coefficient (Wildman–Crippen LogP) is 2.60. The minimum Gasteiger partial charge on any atom is -0.477 e. The summed E-state index contributed by atoms with van der Waals surface area (Å²) >= 11 is 0. The third-order valence-electron chi connectivity index (χ3n) is 2.43. The molecule has 0 amide bonds. The Balaban J connectivity index is 3.05. The maximum atomic E-state index is 11.0. The second-order valence-corrected chi connectivity index (χ2v) is 3.63. The first kappa shape index (κ1) is 10.8. The first-order valence-corrected chi connectivity index (χ1v) is 4.98. The lowest BCUT2D eigenvalue weighted by Gasteiger charge is -2.08. The molecule has 0 unspecified atom stereocenters. The van der Waals surface area contributed by atoms with E-state index in [0.29, 0.717) is 5.69 Å². The molecule has 3 heteroatoms. The van der Waals surface area contributed by atoms with Crippen molar-refractivity contribution in [2.75, 3.05) is 0 Å². The number of aryl methyl sites for hydroxylation is 2. The van der Waals surface area contributed by atoms with E-state index in [4.69, 9.17) is 5.11 Å². The number of aromatic carboxylic acids is 1. The molecule has 0 aliphatic rings. The lowest BCUT2D eigenvalue weighted by molar-refractivity contribution is 0.0683. The average molecular weight is 195 g/mol. The van der Waals surface area contributed by atoms with Crippen LogP contribution in [0.15, 0.2) is 6.07 Å². The minimum absolute atomic E-state index is 0.441. The molecule has 1 aromatic heterocycles. The summed E-state index contributed by atoms with van der Waals surface area (Å²) in [6.45, 7) is 6.71. The molecule has 1 rings (SSSR count).